The smallest absolute Gasteiger partial charge is 0.136 e. The molecule has 1 nitrogen and oxygen atoms in total. The molecule has 9 rings (SSSR count). The molecule has 8 aromatic carbocycles. The van der Waals surface area contributed by atoms with Crippen LogP contribution in [0.1, 0.15) is 0 Å². The number of furan rings is 1. The minimum atomic E-state index is 0.918. The Hall–Kier alpha value is -5.40. The van der Waals surface area contributed by atoms with E-state index in [1.807, 2.05) is 6.07 Å². The van der Waals surface area contributed by atoms with Gasteiger partial charge in [-0.25, -0.2) is 0 Å². The predicted molar refractivity (Wildman–Crippen MR) is 175 cm³/mol. The molecular weight excluding hydrogens is 496 g/mol. The average Bonchev–Trinajstić information content (AvgIpc) is 3.42. The molecule has 0 unspecified atom stereocenters. The van der Waals surface area contributed by atoms with E-state index in [1.54, 1.807) is 0 Å². The molecule has 0 N–H and O–H groups in total. The highest BCUT2D eigenvalue weighted by Gasteiger charge is 2.21. The van der Waals surface area contributed by atoms with Gasteiger partial charge in [0.05, 0.1) is 0 Å². The van der Waals surface area contributed by atoms with E-state index in [0.29, 0.717) is 0 Å². The van der Waals surface area contributed by atoms with E-state index >= 15 is 0 Å². The summed E-state index contributed by atoms with van der Waals surface area (Å²) in [6.45, 7) is 0. The van der Waals surface area contributed by atoms with Crippen molar-refractivity contribution in [2.45, 2.75) is 0 Å². The zero-order valence-corrected chi connectivity index (χ0v) is 22.3. The van der Waals surface area contributed by atoms with Crippen molar-refractivity contribution in [3.05, 3.63) is 146 Å². The van der Waals surface area contributed by atoms with E-state index in [9.17, 15) is 0 Å². The van der Waals surface area contributed by atoms with Gasteiger partial charge in [0.2, 0.25) is 0 Å². The summed E-state index contributed by atoms with van der Waals surface area (Å²) in [7, 11) is 0. The lowest BCUT2D eigenvalue weighted by molar-refractivity contribution is 0.669. The lowest BCUT2D eigenvalue weighted by Gasteiger charge is -2.20. The van der Waals surface area contributed by atoms with Gasteiger partial charge in [0, 0.05) is 10.8 Å². The van der Waals surface area contributed by atoms with Crippen molar-refractivity contribution >= 4 is 65.0 Å². The number of hydrogen-bond donors (Lipinski definition) is 0. The largest absolute Gasteiger partial charge is 0.456 e. The van der Waals surface area contributed by atoms with Crippen molar-refractivity contribution in [3.63, 3.8) is 0 Å². The van der Waals surface area contributed by atoms with Gasteiger partial charge in [-0.15, -0.1) is 0 Å². The van der Waals surface area contributed by atoms with Gasteiger partial charge in [0.15, 0.2) is 0 Å². The van der Waals surface area contributed by atoms with Gasteiger partial charge in [-0.05, 0) is 83.5 Å². The van der Waals surface area contributed by atoms with E-state index < -0.39 is 0 Å². The van der Waals surface area contributed by atoms with Crippen LogP contribution in [0, 0.1) is 0 Å². The third kappa shape index (κ3) is 3.18. The van der Waals surface area contributed by atoms with Crippen LogP contribution in [-0.4, -0.2) is 0 Å². The zero-order valence-electron chi connectivity index (χ0n) is 22.3. The van der Waals surface area contributed by atoms with Gasteiger partial charge in [0.25, 0.3) is 0 Å². The molecule has 0 aliphatic heterocycles. The van der Waals surface area contributed by atoms with Crippen LogP contribution >= 0.6 is 0 Å². The molecule has 0 bridgehead atoms. The Bertz CT molecular complexity index is 2420. The van der Waals surface area contributed by atoms with Gasteiger partial charge >= 0.3 is 0 Å². The second-order valence-corrected chi connectivity index (χ2v) is 10.8. The minimum absolute atomic E-state index is 0.918. The van der Waals surface area contributed by atoms with Crippen LogP contribution in [-0.2, 0) is 0 Å². The van der Waals surface area contributed by atoms with Crippen LogP contribution in [0.25, 0.3) is 87.3 Å². The molecule has 0 saturated carbocycles. The topological polar surface area (TPSA) is 13.1 Å². The van der Waals surface area contributed by atoms with E-state index in [-0.39, 0.29) is 0 Å². The van der Waals surface area contributed by atoms with E-state index in [0.717, 1.165) is 16.6 Å². The van der Waals surface area contributed by atoms with Crippen LogP contribution in [0.4, 0.5) is 0 Å². The monoisotopic (exact) mass is 520 g/mol. The highest BCUT2D eigenvalue weighted by atomic mass is 16.3. The summed E-state index contributed by atoms with van der Waals surface area (Å²) in [5.74, 6) is 0. The number of fused-ring (bicyclic) bond motifs is 8. The Kier molecular flexibility index (Phi) is 4.67. The van der Waals surface area contributed by atoms with Gasteiger partial charge in [-0.1, -0.05) is 127 Å². The first-order valence-corrected chi connectivity index (χ1v) is 14.1. The second-order valence-electron chi connectivity index (χ2n) is 10.8. The molecule has 0 amide bonds. The van der Waals surface area contributed by atoms with Crippen molar-refractivity contribution < 1.29 is 4.42 Å². The molecule has 1 aromatic heterocycles. The Balaban J connectivity index is 1.49. The number of benzene rings is 8. The normalized spacial score (nSPS) is 11.9. The fourth-order valence-electron chi connectivity index (χ4n) is 6.95. The molecule has 0 saturated heterocycles. The first-order valence-electron chi connectivity index (χ1n) is 14.1. The SMILES string of the molecule is c1ccc2c(c1)cc(-c1c3ccccc3c(-c3cccc4oc5ccccc5c34)c3ccccc13)c1ccccc12. The van der Waals surface area contributed by atoms with Crippen molar-refractivity contribution in [1.29, 1.82) is 0 Å². The quantitative estimate of drug-likeness (QED) is 0.163. The summed E-state index contributed by atoms with van der Waals surface area (Å²) in [6.07, 6.45) is 0. The number of hydrogen-bond acceptors (Lipinski definition) is 1. The Morgan fingerprint density at radius 1 is 0.317 bits per heavy atom. The second kappa shape index (κ2) is 8.55. The zero-order chi connectivity index (χ0) is 26.9. The van der Waals surface area contributed by atoms with Gasteiger partial charge in [0.1, 0.15) is 11.2 Å². The van der Waals surface area contributed by atoms with Crippen LogP contribution in [0.2, 0.25) is 0 Å². The summed E-state index contributed by atoms with van der Waals surface area (Å²) in [4.78, 5) is 0. The first kappa shape index (κ1) is 22.4. The molecule has 41 heavy (non-hydrogen) atoms. The molecule has 0 fully saturated rings. The molecule has 0 atom stereocenters. The Morgan fingerprint density at radius 2 is 0.805 bits per heavy atom. The molecule has 0 aliphatic carbocycles. The Labute approximate surface area is 236 Å². The fourth-order valence-corrected chi connectivity index (χ4v) is 6.95. The van der Waals surface area contributed by atoms with Crippen molar-refractivity contribution in [2.24, 2.45) is 0 Å². The summed E-state index contributed by atoms with van der Waals surface area (Å²) in [5, 5.41) is 12.4. The third-order valence-corrected chi connectivity index (χ3v) is 8.64. The van der Waals surface area contributed by atoms with Crippen LogP contribution < -0.4 is 0 Å². The lowest BCUT2D eigenvalue weighted by Crippen LogP contribution is -1.92. The fraction of sp³-hybridized carbons (Fsp3) is 0. The molecule has 0 radical (unpaired) electrons. The highest BCUT2D eigenvalue weighted by molar-refractivity contribution is 6.28. The van der Waals surface area contributed by atoms with E-state index in [2.05, 4.69) is 140 Å². The maximum atomic E-state index is 6.32. The highest BCUT2D eigenvalue weighted by Crippen LogP contribution is 2.48. The van der Waals surface area contributed by atoms with E-state index in [4.69, 9.17) is 4.42 Å². The van der Waals surface area contributed by atoms with Crippen molar-refractivity contribution in [3.8, 4) is 22.3 Å². The van der Waals surface area contributed by atoms with Crippen molar-refractivity contribution in [2.75, 3.05) is 0 Å². The standard InChI is InChI=1S/C40H24O/c1-2-13-26-25(12-1)24-35(28-15-4-3-14-27(26)28)39-31-18-7-5-16-29(31)38(30-17-6-8-19-32(30)39)34-21-11-23-37-40(34)33-20-9-10-22-36(33)41-37/h1-24H. The Morgan fingerprint density at radius 3 is 1.49 bits per heavy atom. The van der Waals surface area contributed by atoms with Crippen LogP contribution in [0.15, 0.2) is 150 Å². The first-order chi connectivity index (χ1) is 20.4. The van der Waals surface area contributed by atoms with Gasteiger partial charge < -0.3 is 4.42 Å². The third-order valence-electron chi connectivity index (χ3n) is 8.64. The summed E-state index contributed by atoms with van der Waals surface area (Å²) in [6, 6.07) is 52.6. The van der Waals surface area contributed by atoms with Crippen molar-refractivity contribution in [1.82, 2.24) is 0 Å². The molecule has 0 aliphatic rings. The number of rotatable bonds is 2. The van der Waals surface area contributed by atoms with Crippen LogP contribution in [0.5, 0.6) is 0 Å². The lowest BCUT2D eigenvalue weighted by atomic mass is 9.83. The predicted octanol–water partition coefficient (Wildman–Crippen LogP) is 11.5. The summed E-state index contributed by atoms with van der Waals surface area (Å²) < 4.78 is 6.32. The van der Waals surface area contributed by atoms with E-state index in [1.165, 1.54) is 70.7 Å². The molecule has 0 spiro atoms. The maximum absolute atomic E-state index is 6.32. The molecule has 1 heterocycles. The van der Waals surface area contributed by atoms with Crippen LogP contribution in [0.3, 0.4) is 0 Å². The minimum Gasteiger partial charge on any atom is -0.456 e. The van der Waals surface area contributed by atoms with Gasteiger partial charge in [-0.2, -0.15) is 0 Å². The molecule has 9 aromatic rings. The summed E-state index contributed by atoms with van der Waals surface area (Å²) in [5.41, 5.74) is 6.84. The molecular formula is C40H24O. The maximum Gasteiger partial charge on any atom is 0.136 e. The number of para-hydroxylation sites is 1. The molecule has 1 heteroatoms. The van der Waals surface area contributed by atoms with Gasteiger partial charge in [-0.3, -0.25) is 0 Å². The average molecular weight is 521 g/mol. The summed E-state index contributed by atoms with van der Waals surface area (Å²) >= 11 is 0. The molecule has 190 valence electrons.